The predicted octanol–water partition coefficient (Wildman–Crippen LogP) is 3.42. The van der Waals surface area contributed by atoms with Crippen LogP contribution in [-0.4, -0.2) is 17.5 Å². The third-order valence-electron chi connectivity index (χ3n) is 3.17. The zero-order valence-electron chi connectivity index (χ0n) is 9.03. The molecule has 2 rings (SSSR count). The van der Waals surface area contributed by atoms with Gasteiger partial charge < -0.3 is 4.74 Å². The maximum Gasteiger partial charge on any atom is 0.0586 e. The maximum absolute atomic E-state index is 5.59. The number of alkyl halides is 1. The van der Waals surface area contributed by atoms with Crippen LogP contribution in [0, 0.1) is 5.92 Å². The van der Waals surface area contributed by atoms with E-state index in [1.807, 2.05) is 0 Å². The lowest BCUT2D eigenvalue weighted by Gasteiger charge is -2.20. The van der Waals surface area contributed by atoms with E-state index in [4.69, 9.17) is 4.74 Å². The minimum Gasteiger partial charge on any atom is -0.378 e. The summed E-state index contributed by atoms with van der Waals surface area (Å²) in [5.74, 6) is 0.658. The molecule has 0 aliphatic carbocycles. The van der Waals surface area contributed by atoms with Gasteiger partial charge in [0.2, 0.25) is 0 Å². The molecular weight excluding hydrogens is 252 g/mol. The summed E-state index contributed by atoms with van der Waals surface area (Å²) in [4.78, 5) is 0.539. The van der Waals surface area contributed by atoms with Gasteiger partial charge in [-0.3, -0.25) is 0 Å². The molecule has 0 N–H and O–H groups in total. The average Bonchev–Trinajstić information content (AvgIpc) is 2.66. The molecule has 0 spiro atoms. The van der Waals surface area contributed by atoms with Crippen LogP contribution in [0.3, 0.4) is 0 Å². The normalized spacial score (nSPS) is 27.9. The fourth-order valence-corrected chi connectivity index (χ4v) is 3.28. The first-order valence-corrected chi connectivity index (χ1v) is 6.48. The van der Waals surface area contributed by atoms with E-state index in [0.717, 1.165) is 13.0 Å². The standard InChI is InChI=1S/C13H17BrO/c1-10-12(7-8-15-10)13(14)9-11-5-3-2-4-6-11/h2-6,10,12-13H,7-9H2,1H3. The molecule has 15 heavy (non-hydrogen) atoms. The molecule has 1 saturated heterocycles. The van der Waals surface area contributed by atoms with Gasteiger partial charge in [0, 0.05) is 11.4 Å². The van der Waals surface area contributed by atoms with Crippen molar-refractivity contribution in [3.8, 4) is 0 Å². The molecule has 1 aliphatic rings. The fraction of sp³-hybridized carbons (Fsp3) is 0.538. The van der Waals surface area contributed by atoms with Crippen molar-refractivity contribution >= 4 is 15.9 Å². The van der Waals surface area contributed by atoms with Gasteiger partial charge in [0.15, 0.2) is 0 Å². The van der Waals surface area contributed by atoms with Crippen LogP contribution < -0.4 is 0 Å². The van der Waals surface area contributed by atoms with Gasteiger partial charge in [0.25, 0.3) is 0 Å². The zero-order chi connectivity index (χ0) is 10.7. The Bertz CT molecular complexity index is 299. The van der Waals surface area contributed by atoms with Gasteiger partial charge in [-0.2, -0.15) is 0 Å². The number of ether oxygens (including phenoxy) is 1. The molecule has 0 aromatic heterocycles. The van der Waals surface area contributed by atoms with Crippen molar-refractivity contribution in [3.63, 3.8) is 0 Å². The SMILES string of the molecule is CC1OCCC1C(Br)Cc1ccccc1. The second kappa shape index (κ2) is 5.13. The van der Waals surface area contributed by atoms with Gasteiger partial charge in [-0.05, 0) is 31.2 Å². The van der Waals surface area contributed by atoms with Crippen LogP contribution in [0.4, 0.5) is 0 Å². The van der Waals surface area contributed by atoms with Crippen LogP contribution >= 0.6 is 15.9 Å². The first-order chi connectivity index (χ1) is 7.27. The molecule has 1 nitrogen and oxygen atoms in total. The summed E-state index contributed by atoms with van der Waals surface area (Å²) in [5.41, 5.74) is 1.40. The van der Waals surface area contributed by atoms with Gasteiger partial charge in [0.05, 0.1) is 6.10 Å². The first-order valence-electron chi connectivity index (χ1n) is 5.57. The second-order valence-electron chi connectivity index (χ2n) is 4.23. The van der Waals surface area contributed by atoms with Gasteiger partial charge >= 0.3 is 0 Å². The van der Waals surface area contributed by atoms with E-state index in [9.17, 15) is 0 Å². The van der Waals surface area contributed by atoms with Gasteiger partial charge in [-0.1, -0.05) is 46.3 Å². The third-order valence-corrected chi connectivity index (χ3v) is 4.18. The van der Waals surface area contributed by atoms with Crippen molar-refractivity contribution in [2.75, 3.05) is 6.61 Å². The van der Waals surface area contributed by atoms with Crippen molar-refractivity contribution in [1.82, 2.24) is 0 Å². The highest BCUT2D eigenvalue weighted by molar-refractivity contribution is 9.09. The molecule has 0 saturated carbocycles. The second-order valence-corrected chi connectivity index (χ2v) is 5.41. The third kappa shape index (κ3) is 2.82. The van der Waals surface area contributed by atoms with Crippen LogP contribution in [0.2, 0.25) is 0 Å². The highest BCUT2D eigenvalue weighted by Crippen LogP contribution is 2.30. The van der Waals surface area contributed by atoms with E-state index < -0.39 is 0 Å². The Morgan fingerprint density at radius 1 is 1.40 bits per heavy atom. The molecule has 0 radical (unpaired) electrons. The number of hydrogen-bond acceptors (Lipinski definition) is 1. The monoisotopic (exact) mass is 268 g/mol. The summed E-state index contributed by atoms with van der Waals surface area (Å²) in [6.07, 6.45) is 2.68. The van der Waals surface area contributed by atoms with E-state index in [0.29, 0.717) is 16.8 Å². The summed E-state index contributed by atoms with van der Waals surface area (Å²) in [6.45, 7) is 3.10. The number of halogens is 1. The summed E-state index contributed by atoms with van der Waals surface area (Å²) >= 11 is 3.80. The molecule has 3 unspecified atom stereocenters. The number of rotatable bonds is 3. The molecule has 82 valence electrons. The highest BCUT2D eigenvalue weighted by Gasteiger charge is 2.30. The number of benzene rings is 1. The van der Waals surface area contributed by atoms with Crippen molar-refractivity contribution in [1.29, 1.82) is 0 Å². The first kappa shape index (κ1) is 11.2. The Morgan fingerprint density at radius 2 is 2.13 bits per heavy atom. The molecule has 1 aromatic rings. The van der Waals surface area contributed by atoms with Crippen molar-refractivity contribution < 1.29 is 4.74 Å². The Labute approximate surface area is 100.0 Å². The summed E-state index contributed by atoms with van der Waals surface area (Å²) in [7, 11) is 0. The van der Waals surface area contributed by atoms with Crippen LogP contribution in [0.5, 0.6) is 0 Å². The Kier molecular flexibility index (Phi) is 3.81. The smallest absolute Gasteiger partial charge is 0.0586 e. The van der Waals surface area contributed by atoms with Gasteiger partial charge in [0.1, 0.15) is 0 Å². The maximum atomic E-state index is 5.59. The predicted molar refractivity (Wildman–Crippen MR) is 66.4 cm³/mol. The van der Waals surface area contributed by atoms with E-state index in [2.05, 4.69) is 53.2 Å². The highest BCUT2D eigenvalue weighted by atomic mass is 79.9. The average molecular weight is 269 g/mol. The lowest BCUT2D eigenvalue weighted by atomic mass is 9.94. The van der Waals surface area contributed by atoms with Crippen LogP contribution in [0.25, 0.3) is 0 Å². The van der Waals surface area contributed by atoms with Crippen LogP contribution in [-0.2, 0) is 11.2 Å². The zero-order valence-corrected chi connectivity index (χ0v) is 10.6. The van der Waals surface area contributed by atoms with Crippen LogP contribution in [0.1, 0.15) is 18.9 Å². The minimum absolute atomic E-state index is 0.401. The fourth-order valence-electron chi connectivity index (χ4n) is 2.21. The molecule has 1 heterocycles. The van der Waals surface area contributed by atoms with Gasteiger partial charge in [-0.15, -0.1) is 0 Å². The summed E-state index contributed by atoms with van der Waals surface area (Å²) < 4.78 is 5.59. The summed E-state index contributed by atoms with van der Waals surface area (Å²) in [5, 5.41) is 0. The van der Waals surface area contributed by atoms with E-state index in [1.54, 1.807) is 0 Å². The molecular formula is C13H17BrO. The topological polar surface area (TPSA) is 9.23 Å². The largest absolute Gasteiger partial charge is 0.378 e. The Hall–Kier alpha value is -0.340. The van der Waals surface area contributed by atoms with E-state index in [-0.39, 0.29) is 0 Å². The number of hydrogen-bond donors (Lipinski definition) is 0. The van der Waals surface area contributed by atoms with Crippen molar-refractivity contribution in [2.45, 2.75) is 30.7 Å². The minimum atomic E-state index is 0.401. The molecule has 0 amide bonds. The van der Waals surface area contributed by atoms with E-state index in [1.165, 1.54) is 12.0 Å². The molecule has 1 aromatic carbocycles. The van der Waals surface area contributed by atoms with Gasteiger partial charge in [-0.25, -0.2) is 0 Å². The quantitative estimate of drug-likeness (QED) is 0.764. The lowest BCUT2D eigenvalue weighted by molar-refractivity contribution is 0.105. The van der Waals surface area contributed by atoms with Crippen molar-refractivity contribution in [2.24, 2.45) is 5.92 Å². The lowest BCUT2D eigenvalue weighted by Crippen LogP contribution is -2.23. The molecule has 1 aliphatic heterocycles. The molecule has 0 bridgehead atoms. The summed E-state index contributed by atoms with van der Waals surface area (Å²) in [6, 6.07) is 10.6. The van der Waals surface area contributed by atoms with Crippen LogP contribution in [0.15, 0.2) is 30.3 Å². The Balaban J connectivity index is 1.94. The Morgan fingerprint density at radius 3 is 2.73 bits per heavy atom. The van der Waals surface area contributed by atoms with E-state index >= 15 is 0 Å². The van der Waals surface area contributed by atoms with Crippen molar-refractivity contribution in [3.05, 3.63) is 35.9 Å². The molecule has 2 heteroatoms. The molecule has 3 atom stereocenters. The molecule has 1 fully saturated rings.